The van der Waals surface area contributed by atoms with Gasteiger partial charge in [0.15, 0.2) is 0 Å². The zero-order chi connectivity index (χ0) is 76.7. The topological polar surface area (TPSA) is 345 Å². The minimum atomic E-state index is -1.67. The van der Waals surface area contributed by atoms with Gasteiger partial charge < -0.3 is 71.1 Å². The molecule has 0 aromatic heterocycles. The standard InChI is InChI=1S/C73H124N12O15/c1-24-52-68(94)79(17)40-57(86)80(18)53(35-41(2)3)65(91)78-58(45(10)11)71(97)81(19)54(36-42(4)5)64(90)75-48(15)62(88)76-49(16)67(93)82(20)55(37-43(6)7)69(95)83(21)56(38-44(8)9)70(96)84(22)59(46(12)13)72(98)85(23)60(66(92)77-52)61(87)47(14)31-28-26-25-27-29-34-74-63(89)50-32-30-33-51(39-50)73(99)100/h30,32-33,39,41-49,52-56,58-61,87H,24-29,31,34-38,40H2,1-23H3,(H,74,89)(H,75,90)(H,76,88)(H,77,92)(H,78,91)(H,99,100)/t47-,48-,49+,52-,53+,54-,55+,56-,58-,59-,60+,61-/m1/s1. The predicted octanol–water partition coefficient (Wildman–Crippen LogP) is 4.77. The number of nitrogens with one attached hydrogen (secondary N) is 5. The van der Waals surface area contributed by atoms with Crippen LogP contribution in [0.2, 0.25) is 0 Å². The molecule has 100 heavy (non-hydrogen) atoms. The number of unbranched alkanes of at least 4 members (excludes halogenated alkanes) is 4. The van der Waals surface area contributed by atoms with Gasteiger partial charge in [0.1, 0.15) is 60.4 Å². The van der Waals surface area contributed by atoms with E-state index in [9.17, 15) is 53.4 Å². The van der Waals surface area contributed by atoms with Crippen molar-refractivity contribution in [2.45, 2.75) is 248 Å². The monoisotopic (exact) mass is 1410 g/mol. The number of aliphatic hydroxyl groups excluding tert-OH is 1. The van der Waals surface area contributed by atoms with Crippen LogP contribution in [0.3, 0.4) is 0 Å². The van der Waals surface area contributed by atoms with Crippen LogP contribution < -0.4 is 26.6 Å². The number of carbonyl (C=O) groups excluding carboxylic acids is 12. The quantitative estimate of drug-likeness (QED) is 0.0726. The van der Waals surface area contributed by atoms with Gasteiger partial charge in [-0.15, -0.1) is 0 Å². The van der Waals surface area contributed by atoms with Crippen LogP contribution in [0.25, 0.3) is 0 Å². The van der Waals surface area contributed by atoms with Crippen molar-refractivity contribution in [2.75, 3.05) is 62.4 Å². The lowest BCUT2D eigenvalue weighted by Crippen LogP contribution is -2.63. The Hall–Kier alpha value is -7.71. The number of nitrogens with zero attached hydrogens (tertiary/aromatic N) is 7. The molecule has 1 saturated heterocycles. The molecule has 0 bridgehead atoms. The van der Waals surface area contributed by atoms with Crippen LogP contribution in [0.5, 0.6) is 0 Å². The highest BCUT2D eigenvalue weighted by molar-refractivity contribution is 6.00. The predicted molar refractivity (Wildman–Crippen MR) is 382 cm³/mol. The van der Waals surface area contributed by atoms with Crippen molar-refractivity contribution in [1.29, 1.82) is 0 Å². The molecular formula is C73H124N12O15. The Kier molecular flexibility index (Phi) is 36.5. The molecule has 0 radical (unpaired) electrons. The highest BCUT2D eigenvalue weighted by Crippen LogP contribution is 2.27. The number of aromatic carboxylic acids is 1. The Morgan fingerprint density at radius 1 is 0.490 bits per heavy atom. The molecule has 27 nitrogen and oxygen atoms in total. The molecule has 12 atom stereocenters. The lowest BCUT2D eigenvalue weighted by molar-refractivity contribution is -0.157. The fraction of sp³-hybridized carbons (Fsp3) is 0.740. The van der Waals surface area contributed by atoms with E-state index in [-0.39, 0.29) is 66.9 Å². The molecule has 27 heteroatoms. The fourth-order valence-corrected chi connectivity index (χ4v) is 12.6. The van der Waals surface area contributed by atoms with Gasteiger partial charge in [0.25, 0.3) is 5.91 Å². The van der Waals surface area contributed by atoms with E-state index in [1.807, 2.05) is 55.4 Å². The van der Waals surface area contributed by atoms with E-state index < -0.39 is 168 Å². The molecule has 1 aromatic carbocycles. The van der Waals surface area contributed by atoms with Gasteiger partial charge in [-0.05, 0) is 118 Å². The van der Waals surface area contributed by atoms with Crippen molar-refractivity contribution in [2.24, 2.45) is 41.4 Å². The highest BCUT2D eigenvalue weighted by Gasteiger charge is 2.46. The summed E-state index contributed by atoms with van der Waals surface area (Å²) < 4.78 is 0. The minimum absolute atomic E-state index is 0.00291. The Morgan fingerprint density at radius 3 is 1.45 bits per heavy atom. The minimum Gasteiger partial charge on any atom is -0.478 e. The van der Waals surface area contributed by atoms with E-state index in [1.54, 1.807) is 41.5 Å². The van der Waals surface area contributed by atoms with Crippen molar-refractivity contribution >= 4 is 76.9 Å². The van der Waals surface area contributed by atoms with E-state index in [4.69, 9.17) is 0 Å². The van der Waals surface area contributed by atoms with Crippen LogP contribution in [0.4, 0.5) is 0 Å². The van der Waals surface area contributed by atoms with Gasteiger partial charge in [0, 0.05) is 61.4 Å². The zero-order valence-corrected chi connectivity index (χ0v) is 64.2. The summed E-state index contributed by atoms with van der Waals surface area (Å²) in [6.45, 7) is 27.7. The number of amides is 12. The smallest absolute Gasteiger partial charge is 0.335 e. The highest BCUT2D eigenvalue weighted by atomic mass is 16.4. The maximum absolute atomic E-state index is 15.4. The van der Waals surface area contributed by atoms with Gasteiger partial charge in [-0.1, -0.05) is 129 Å². The molecule has 0 saturated carbocycles. The van der Waals surface area contributed by atoms with Crippen molar-refractivity contribution in [3.63, 3.8) is 0 Å². The van der Waals surface area contributed by atoms with Crippen molar-refractivity contribution in [3.05, 3.63) is 35.4 Å². The number of aliphatic hydroxyl groups is 1. The molecule has 566 valence electrons. The third-order valence-corrected chi connectivity index (χ3v) is 18.8. The van der Waals surface area contributed by atoms with Crippen LogP contribution in [-0.2, 0) is 52.7 Å². The number of likely N-dealkylation sites (N-methyl/N-ethyl adjacent to an activating group) is 7. The fourth-order valence-electron chi connectivity index (χ4n) is 12.6. The van der Waals surface area contributed by atoms with Gasteiger partial charge >= 0.3 is 5.97 Å². The largest absolute Gasteiger partial charge is 0.478 e. The maximum atomic E-state index is 15.4. The van der Waals surface area contributed by atoms with Crippen LogP contribution >= 0.6 is 0 Å². The zero-order valence-electron chi connectivity index (χ0n) is 64.2. The molecule has 1 aliphatic heterocycles. The first-order valence-electron chi connectivity index (χ1n) is 35.8. The molecule has 0 aliphatic carbocycles. The Labute approximate surface area is 595 Å². The average Bonchev–Trinajstić information content (AvgIpc) is 0.799. The Morgan fingerprint density at radius 2 is 0.940 bits per heavy atom. The SMILES string of the molecule is CC[C@H]1NC(=O)[C@H]([C@H](O)[C@H](C)CCCCCCCNC(=O)c2cccc(C(=O)O)c2)N(C)C(=O)[C@@H](C(C)C)N(C)C(=O)[C@@H](CC(C)C)N(C)C(=O)[C@H](CC(C)C)N(C)C(=O)[C@H](C)NC(=O)[C@@H](C)NC(=O)[C@@H](CC(C)C)N(C)C(=O)[C@@H](C(C)C)NC(=O)[C@H](CC(C)C)N(C)C(=O)CN(C)C1=O. The van der Waals surface area contributed by atoms with Crippen molar-refractivity contribution in [1.82, 2.24) is 60.9 Å². The lowest BCUT2D eigenvalue weighted by atomic mass is 9.90. The van der Waals surface area contributed by atoms with E-state index in [2.05, 4.69) is 26.6 Å². The van der Waals surface area contributed by atoms with E-state index in [1.165, 1.54) is 112 Å². The van der Waals surface area contributed by atoms with E-state index >= 15 is 19.2 Å². The number of hydrogen-bond donors (Lipinski definition) is 7. The summed E-state index contributed by atoms with van der Waals surface area (Å²) >= 11 is 0. The summed E-state index contributed by atoms with van der Waals surface area (Å²) in [4.78, 5) is 195. The third-order valence-electron chi connectivity index (χ3n) is 18.8. The maximum Gasteiger partial charge on any atom is 0.335 e. The molecule has 1 aliphatic rings. The molecule has 7 N–H and O–H groups in total. The Balaban J connectivity index is 2.85. The summed E-state index contributed by atoms with van der Waals surface area (Å²) in [5.74, 6) is -11.7. The lowest BCUT2D eigenvalue weighted by Gasteiger charge is -2.41. The third kappa shape index (κ3) is 25.7. The number of rotatable bonds is 23. The van der Waals surface area contributed by atoms with Crippen LogP contribution in [0, 0.1) is 41.4 Å². The van der Waals surface area contributed by atoms with E-state index in [0.29, 0.717) is 32.2 Å². The molecule has 0 unspecified atom stereocenters. The molecule has 0 spiro atoms. The number of carboxylic acid groups (broad SMARTS) is 1. The van der Waals surface area contributed by atoms with E-state index in [0.717, 1.165) is 22.6 Å². The number of carboxylic acids is 1. The van der Waals surface area contributed by atoms with Crippen LogP contribution in [0.15, 0.2) is 24.3 Å². The van der Waals surface area contributed by atoms with Gasteiger partial charge in [-0.25, -0.2) is 4.79 Å². The second-order valence-electron chi connectivity index (χ2n) is 30.0. The van der Waals surface area contributed by atoms with Crippen molar-refractivity contribution < 1.29 is 72.5 Å². The molecule has 1 heterocycles. The molecular weight excluding hydrogens is 1280 g/mol. The summed E-state index contributed by atoms with van der Waals surface area (Å²) in [5.41, 5.74) is 0.225. The molecule has 1 aromatic rings. The molecule has 1 fully saturated rings. The van der Waals surface area contributed by atoms with Gasteiger partial charge in [-0.3, -0.25) is 57.5 Å². The second-order valence-corrected chi connectivity index (χ2v) is 30.0. The van der Waals surface area contributed by atoms with Crippen LogP contribution in [-0.4, -0.2) is 250 Å². The summed E-state index contributed by atoms with van der Waals surface area (Å²) in [6, 6.07) is -6.95. The van der Waals surface area contributed by atoms with Gasteiger partial charge in [-0.2, -0.15) is 0 Å². The first-order chi connectivity index (χ1) is 46.4. The molecule has 12 amide bonds. The van der Waals surface area contributed by atoms with Crippen LogP contribution in [0.1, 0.15) is 202 Å². The molecule has 2 rings (SSSR count). The summed E-state index contributed by atoms with van der Waals surface area (Å²) in [5, 5.41) is 35.7. The number of hydrogen-bond acceptors (Lipinski definition) is 14. The van der Waals surface area contributed by atoms with Crippen molar-refractivity contribution in [3.8, 4) is 0 Å². The Bertz CT molecular complexity index is 2960. The second kappa shape index (κ2) is 41.3. The number of benzene rings is 1. The average molecular weight is 1410 g/mol. The summed E-state index contributed by atoms with van der Waals surface area (Å²) in [6.07, 6.45) is 2.71. The first-order valence-corrected chi connectivity index (χ1v) is 35.8. The normalized spacial score (nSPS) is 24.4. The first kappa shape index (κ1) is 88.4. The van der Waals surface area contributed by atoms with Gasteiger partial charge in [0.2, 0.25) is 65.0 Å². The van der Waals surface area contributed by atoms with Gasteiger partial charge in [0.05, 0.1) is 18.2 Å². The summed E-state index contributed by atoms with van der Waals surface area (Å²) in [7, 11) is 9.84. The number of carbonyl (C=O) groups is 13.